The molecule has 2 heterocycles. The Morgan fingerprint density at radius 1 is 1.09 bits per heavy atom. The Morgan fingerprint density at radius 3 is 2.30 bits per heavy atom. The molecule has 0 aromatic heterocycles. The van der Waals surface area contributed by atoms with Gasteiger partial charge in [-0.2, -0.15) is 8.78 Å². The summed E-state index contributed by atoms with van der Waals surface area (Å²) in [6, 6.07) is 9.81. The lowest BCUT2D eigenvalue weighted by Gasteiger charge is -2.15. The average molecular weight is 458 g/mol. The van der Waals surface area contributed by atoms with Crippen molar-refractivity contribution in [1.82, 2.24) is 0 Å². The normalized spacial score (nSPS) is 16.9. The summed E-state index contributed by atoms with van der Waals surface area (Å²) in [6.45, 7) is -2.39. The van der Waals surface area contributed by atoms with Crippen molar-refractivity contribution < 1.29 is 37.3 Å². The van der Waals surface area contributed by atoms with Crippen LogP contribution in [-0.2, 0) is 14.3 Å². The second-order valence-electron chi connectivity index (χ2n) is 7.16. The highest BCUT2D eigenvalue weighted by Crippen LogP contribution is 2.40. The number of halogens is 2. The molecular formula is C23H20F2N2O6. The Labute approximate surface area is 188 Å². The smallest absolute Gasteiger partial charge is 0.387 e. The third-order valence-electron chi connectivity index (χ3n) is 5.11. The summed E-state index contributed by atoms with van der Waals surface area (Å²) in [7, 11) is 2.59. The van der Waals surface area contributed by atoms with Crippen molar-refractivity contribution in [2.75, 3.05) is 25.7 Å². The fraction of sp³-hybridized carbons (Fsp3) is 0.261. The molecule has 2 aromatic rings. The zero-order valence-electron chi connectivity index (χ0n) is 17.8. The quantitative estimate of drug-likeness (QED) is 0.464. The third kappa shape index (κ3) is 4.64. The number of anilines is 1. The van der Waals surface area contributed by atoms with Gasteiger partial charge in [0.2, 0.25) is 17.6 Å². The summed E-state index contributed by atoms with van der Waals surface area (Å²) in [5, 5.41) is 0. The SMILES string of the molecule is COc1cc(C=C2N=C(c3ccc(N4CCCC4=O)cc3)OC2=O)cc(OC)c1OC(F)F. The van der Waals surface area contributed by atoms with Gasteiger partial charge in [0.05, 0.1) is 14.2 Å². The molecule has 0 bridgehead atoms. The van der Waals surface area contributed by atoms with Crippen molar-refractivity contribution in [3.05, 3.63) is 53.2 Å². The molecule has 0 saturated carbocycles. The summed E-state index contributed by atoms with van der Waals surface area (Å²) < 4.78 is 45.5. The fourth-order valence-corrected chi connectivity index (χ4v) is 3.58. The number of ether oxygens (including phenoxy) is 4. The fourth-order valence-electron chi connectivity index (χ4n) is 3.58. The minimum absolute atomic E-state index is 0.00381. The van der Waals surface area contributed by atoms with Crippen LogP contribution in [-0.4, -0.2) is 45.2 Å². The van der Waals surface area contributed by atoms with Crippen molar-refractivity contribution in [2.24, 2.45) is 4.99 Å². The van der Waals surface area contributed by atoms with Crippen LogP contribution in [0.25, 0.3) is 6.08 Å². The third-order valence-corrected chi connectivity index (χ3v) is 5.11. The molecule has 0 aliphatic carbocycles. The summed E-state index contributed by atoms with van der Waals surface area (Å²) in [6.07, 6.45) is 2.78. The minimum atomic E-state index is -3.07. The van der Waals surface area contributed by atoms with Crippen molar-refractivity contribution in [3.63, 3.8) is 0 Å². The molecule has 0 spiro atoms. The van der Waals surface area contributed by atoms with E-state index in [0.29, 0.717) is 24.1 Å². The molecule has 0 atom stereocenters. The molecule has 8 nitrogen and oxygen atoms in total. The van der Waals surface area contributed by atoms with Gasteiger partial charge < -0.3 is 23.8 Å². The van der Waals surface area contributed by atoms with E-state index in [9.17, 15) is 18.4 Å². The Balaban J connectivity index is 1.61. The van der Waals surface area contributed by atoms with Gasteiger partial charge in [-0.3, -0.25) is 4.79 Å². The van der Waals surface area contributed by atoms with Crippen LogP contribution >= 0.6 is 0 Å². The number of carbonyl (C=O) groups excluding carboxylic acids is 2. The van der Waals surface area contributed by atoms with Crippen molar-refractivity contribution in [3.8, 4) is 17.2 Å². The number of esters is 1. The van der Waals surface area contributed by atoms with Crippen molar-refractivity contribution in [1.29, 1.82) is 0 Å². The lowest BCUT2D eigenvalue weighted by Crippen LogP contribution is -2.23. The molecular weight excluding hydrogens is 438 g/mol. The number of cyclic esters (lactones) is 1. The van der Waals surface area contributed by atoms with Crippen molar-refractivity contribution >= 4 is 29.5 Å². The van der Waals surface area contributed by atoms with Gasteiger partial charge in [0.25, 0.3) is 0 Å². The molecule has 10 heteroatoms. The maximum absolute atomic E-state index is 12.7. The largest absolute Gasteiger partial charge is 0.493 e. The van der Waals surface area contributed by atoms with Gasteiger partial charge in [0.1, 0.15) is 0 Å². The number of amides is 1. The number of carbonyl (C=O) groups is 2. The summed E-state index contributed by atoms with van der Waals surface area (Å²) in [4.78, 5) is 30.2. The zero-order valence-corrected chi connectivity index (χ0v) is 17.8. The van der Waals surface area contributed by atoms with Crippen LogP contribution in [0.1, 0.15) is 24.0 Å². The predicted molar refractivity (Wildman–Crippen MR) is 115 cm³/mol. The van der Waals surface area contributed by atoms with E-state index in [2.05, 4.69) is 9.73 Å². The van der Waals surface area contributed by atoms with Crippen LogP contribution < -0.4 is 19.1 Å². The van der Waals surface area contributed by atoms with E-state index in [1.807, 2.05) is 0 Å². The number of nitrogens with zero attached hydrogens (tertiary/aromatic N) is 2. The van der Waals surface area contributed by atoms with E-state index in [-0.39, 0.29) is 34.8 Å². The van der Waals surface area contributed by atoms with E-state index in [4.69, 9.17) is 14.2 Å². The van der Waals surface area contributed by atoms with E-state index >= 15 is 0 Å². The molecule has 33 heavy (non-hydrogen) atoms. The number of hydrogen-bond acceptors (Lipinski definition) is 7. The van der Waals surface area contributed by atoms with E-state index in [0.717, 1.165) is 12.1 Å². The summed E-state index contributed by atoms with van der Waals surface area (Å²) in [5.74, 6) is -0.731. The van der Waals surface area contributed by atoms with Crippen LogP contribution in [0.2, 0.25) is 0 Å². The minimum Gasteiger partial charge on any atom is -0.493 e. The molecule has 0 N–H and O–H groups in total. The number of aliphatic imine (C=N–C) groups is 1. The highest BCUT2D eigenvalue weighted by Gasteiger charge is 2.26. The van der Waals surface area contributed by atoms with Gasteiger partial charge >= 0.3 is 12.6 Å². The molecule has 1 saturated heterocycles. The van der Waals surface area contributed by atoms with Gasteiger partial charge in [0, 0.05) is 24.2 Å². The first kappa shape index (κ1) is 22.3. The molecule has 1 fully saturated rings. The first-order chi connectivity index (χ1) is 15.9. The number of rotatable bonds is 7. The highest BCUT2D eigenvalue weighted by molar-refractivity contribution is 6.13. The molecule has 4 rings (SSSR count). The first-order valence-corrected chi connectivity index (χ1v) is 10.0. The molecule has 2 aromatic carbocycles. The van der Waals surface area contributed by atoms with Crippen LogP contribution in [0.15, 0.2) is 47.1 Å². The second kappa shape index (κ2) is 9.27. The Morgan fingerprint density at radius 2 is 1.76 bits per heavy atom. The summed E-state index contributed by atoms with van der Waals surface area (Å²) >= 11 is 0. The van der Waals surface area contributed by atoms with Gasteiger partial charge in [-0.25, -0.2) is 9.79 Å². The van der Waals surface area contributed by atoms with Gasteiger partial charge in [-0.05, 0) is 54.5 Å². The van der Waals surface area contributed by atoms with Crippen LogP contribution in [0.4, 0.5) is 14.5 Å². The Bertz CT molecular complexity index is 1120. The standard InChI is InChI=1S/C23H20F2N2O6/c1-30-17-11-13(12-18(31-2)20(17)32-23(24)25)10-16-22(29)33-21(26-16)14-5-7-15(8-6-14)27-9-3-4-19(27)28/h5-8,10-12,23H,3-4,9H2,1-2H3. The van der Waals surface area contributed by atoms with E-state index in [1.165, 1.54) is 32.4 Å². The molecule has 2 aliphatic rings. The first-order valence-electron chi connectivity index (χ1n) is 10.0. The van der Waals surface area contributed by atoms with Crippen LogP contribution in [0.3, 0.4) is 0 Å². The average Bonchev–Trinajstić information content (AvgIpc) is 3.39. The topological polar surface area (TPSA) is 86.7 Å². The van der Waals surface area contributed by atoms with Gasteiger partial charge in [0.15, 0.2) is 17.2 Å². The molecule has 0 unspecified atom stereocenters. The summed E-state index contributed by atoms with van der Waals surface area (Å²) in [5.41, 5.74) is 1.76. The number of methoxy groups -OCH3 is 2. The van der Waals surface area contributed by atoms with Crippen molar-refractivity contribution in [2.45, 2.75) is 19.5 Å². The second-order valence-corrected chi connectivity index (χ2v) is 7.16. The molecule has 2 aliphatic heterocycles. The zero-order chi connectivity index (χ0) is 23.5. The van der Waals surface area contributed by atoms with E-state index < -0.39 is 12.6 Å². The number of hydrogen-bond donors (Lipinski definition) is 0. The van der Waals surface area contributed by atoms with Crippen LogP contribution in [0, 0.1) is 0 Å². The van der Waals surface area contributed by atoms with Gasteiger partial charge in [-0.1, -0.05) is 0 Å². The maximum atomic E-state index is 12.7. The monoisotopic (exact) mass is 458 g/mol. The molecule has 172 valence electrons. The van der Waals surface area contributed by atoms with E-state index in [1.54, 1.807) is 29.2 Å². The lowest BCUT2D eigenvalue weighted by molar-refractivity contribution is -0.130. The number of alkyl halides is 2. The lowest BCUT2D eigenvalue weighted by atomic mass is 10.1. The Kier molecular flexibility index (Phi) is 6.25. The Hall–Kier alpha value is -3.95. The molecule has 1 amide bonds. The number of benzene rings is 2. The maximum Gasteiger partial charge on any atom is 0.387 e. The highest BCUT2D eigenvalue weighted by atomic mass is 19.3. The molecule has 0 radical (unpaired) electrons. The van der Waals surface area contributed by atoms with Gasteiger partial charge in [-0.15, -0.1) is 0 Å². The van der Waals surface area contributed by atoms with Crippen LogP contribution in [0.5, 0.6) is 17.2 Å². The predicted octanol–water partition coefficient (Wildman–Crippen LogP) is 3.78.